The van der Waals surface area contributed by atoms with Crippen LogP contribution in [0.5, 0.6) is 5.75 Å². The second kappa shape index (κ2) is 6.42. The van der Waals surface area contributed by atoms with Gasteiger partial charge >= 0.3 is 0 Å². The predicted octanol–water partition coefficient (Wildman–Crippen LogP) is 0.900. The molecule has 1 atom stereocenters. The summed E-state index contributed by atoms with van der Waals surface area (Å²) in [5.74, 6) is 5.88. The topological polar surface area (TPSA) is 72.6 Å². The summed E-state index contributed by atoms with van der Waals surface area (Å²) < 4.78 is 5.24. The first-order chi connectivity index (χ1) is 10.1. The van der Waals surface area contributed by atoms with E-state index in [4.69, 9.17) is 10.5 Å². The first-order valence-electron chi connectivity index (χ1n) is 6.77. The van der Waals surface area contributed by atoms with Gasteiger partial charge in [0.15, 0.2) is 0 Å². The first-order valence-corrected chi connectivity index (χ1v) is 6.77. The molecule has 2 N–H and O–H groups in total. The number of hydrogen-bond donors (Lipinski definition) is 1. The zero-order valence-corrected chi connectivity index (χ0v) is 12.2. The number of amides is 2. The van der Waals surface area contributed by atoms with E-state index in [2.05, 4.69) is 11.8 Å². The lowest BCUT2D eigenvalue weighted by Crippen LogP contribution is -2.29. The van der Waals surface area contributed by atoms with Crippen LogP contribution in [0, 0.1) is 17.8 Å². The second-order valence-corrected chi connectivity index (χ2v) is 4.96. The highest BCUT2D eigenvalue weighted by Gasteiger charge is 2.35. The minimum absolute atomic E-state index is 0.120. The van der Waals surface area contributed by atoms with Gasteiger partial charge in [-0.15, -0.1) is 0 Å². The summed E-state index contributed by atoms with van der Waals surface area (Å²) >= 11 is 0. The van der Waals surface area contributed by atoms with E-state index in [0.717, 1.165) is 5.56 Å². The van der Waals surface area contributed by atoms with Crippen LogP contribution in [0.2, 0.25) is 0 Å². The van der Waals surface area contributed by atoms with Gasteiger partial charge in [-0.3, -0.25) is 14.5 Å². The zero-order valence-electron chi connectivity index (χ0n) is 12.2. The van der Waals surface area contributed by atoms with Crippen molar-refractivity contribution in [3.05, 3.63) is 29.3 Å². The molecule has 0 radical (unpaired) electrons. The molecule has 1 fully saturated rings. The van der Waals surface area contributed by atoms with Crippen LogP contribution in [0.3, 0.4) is 0 Å². The number of likely N-dealkylation sites (tertiary alicyclic amines) is 1. The lowest BCUT2D eigenvalue weighted by atomic mass is 10.1. The number of nitrogens with two attached hydrogens (primary N) is 1. The van der Waals surface area contributed by atoms with Crippen LogP contribution in [-0.2, 0) is 16.1 Å². The summed E-state index contributed by atoms with van der Waals surface area (Å²) in [6.45, 7) is 2.30. The molecule has 0 spiro atoms. The molecule has 110 valence electrons. The number of nitrogens with zero attached hydrogens (tertiary/aromatic N) is 1. The van der Waals surface area contributed by atoms with Crippen LogP contribution in [0.25, 0.3) is 0 Å². The average molecular weight is 286 g/mol. The Hall–Kier alpha value is -2.32. The Bertz CT molecular complexity index is 628. The Morgan fingerprint density at radius 1 is 1.43 bits per heavy atom. The van der Waals surface area contributed by atoms with E-state index in [-0.39, 0.29) is 37.2 Å². The predicted molar refractivity (Wildman–Crippen MR) is 78.3 cm³/mol. The molecule has 1 aliphatic rings. The van der Waals surface area contributed by atoms with Gasteiger partial charge in [-0.05, 0) is 17.7 Å². The Balaban J connectivity index is 2.25. The summed E-state index contributed by atoms with van der Waals surface area (Å²) in [5.41, 5.74) is 6.92. The molecule has 0 saturated carbocycles. The molecule has 5 nitrogen and oxygen atoms in total. The van der Waals surface area contributed by atoms with Crippen LogP contribution in [0.15, 0.2) is 18.2 Å². The Morgan fingerprint density at radius 3 is 2.76 bits per heavy atom. The van der Waals surface area contributed by atoms with Crippen LogP contribution >= 0.6 is 0 Å². The van der Waals surface area contributed by atoms with Gasteiger partial charge in [-0.25, -0.2) is 0 Å². The fourth-order valence-corrected chi connectivity index (χ4v) is 2.29. The third-order valence-corrected chi connectivity index (χ3v) is 3.40. The van der Waals surface area contributed by atoms with Gasteiger partial charge in [0, 0.05) is 12.3 Å². The largest absolute Gasteiger partial charge is 0.495 e. The van der Waals surface area contributed by atoms with Crippen molar-refractivity contribution in [2.24, 2.45) is 11.7 Å². The number of ether oxygens (including phenoxy) is 1. The molecule has 0 aliphatic carbocycles. The number of imide groups is 1. The molecule has 2 amide bonds. The Kier molecular flexibility index (Phi) is 4.61. The first kappa shape index (κ1) is 15.1. The molecule has 0 bridgehead atoms. The van der Waals surface area contributed by atoms with Crippen LogP contribution in [0.4, 0.5) is 0 Å². The van der Waals surface area contributed by atoms with Gasteiger partial charge in [-0.1, -0.05) is 24.8 Å². The highest BCUT2D eigenvalue weighted by molar-refractivity contribution is 6.03. The number of carbonyl (C=O) groups excluding carboxylic acids is 2. The van der Waals surface area contributed by atoms with Gasteiger partial charge in [0.1, 0.15) is 5.75 Å². The van der Waals surface area contributed by atoms with E-state index >= 15 is 0 Å². The summed E-state index contributed by atoms with van der Waals surface area (Å²) in [6, 6.07) is 5.44. The van der Waals surface area contributed by atoms with Gasteiger partial charge in [0.2, 0.25) is 11.8 Å². The minimum atomic E-state index is -0.229. The highest BCUT2D eigenvalue weighted by atomic mass is 16.5. The third kappa shape index (κ3) is 3.23. The van der Waals surface area contributed by atoms with Crippen LogP contribution in [-0.4, -0.2) is 30.4 Å². The molecule has 1 unspecified atom stereocenters. The summed E-state index contributed by atoms with van der Waals surface area (Å²) in [6.07, 6.45) is 0.287. The molecular weight excluding hydrogens is 268 g/mol. The van der Waals surface area contributed by atoms with Crippen molar-refractivity contribution < 1.29 is 14.3 Å². The number of hydrogen-bond acceptors (Lipinski definition) is 4. The van der Waals surface area contributed by atoms with E-state index in [1.54, 1.807) is 20.1 Å². The van der Waals surface area contributed by atoms with Crippen molar-refractivity contribution in [2.75, 3.05) is 13.7 Å². The number of benzene rings is 1. The molecular formula is C16H18N2O3. The Morgan fingerprint density at radius 2 is 2.19 bits per heavy atom. The molecule has 1 aromatic carbocycles. The quantitative estimate of drug-likeness (QED) is 0.662. The molecule has 1 saturated heterocycles. The van der Waals surface area contributed by atoms with Crippen molar-refractivity contribution in [1.82, 2.24) is 4.90 Å². The zero-order chi connectivity index (χ0) is 15.4. The van der Waals surface area contributed by atoms with E-state index in [1.165, 1.54) is 4.90 Å². The normalized spacial score (nSPS) is 17.7. The molecule has 2 rings (SSSR count). The molecule has 5 heteroatoms. The second-order valence-electron chi connectivity index (χ2n) is 4.96. The lowest BCUT2D eigenvalue weighted by Gasteiger charge is -2.15. The fraction of sp³-hybridized carbons (Fsp3) is 0.375. The molecule has 1 aliphatic heterocycles. The molecule has 1 aromatic rings. The van der Waals surface area contributed by atoms with Crippen molar-refractivity contribution in [1.29, 1.82) is 0 Å². The molecule has 1 heterocycles. The summed E-state index contributed by atoms with van der Waals surface area (Å²) in [5, 5.41) is 0. The maximum Gasteiger partial charge on any atom is 0.232 e. The van der Waals surface area contributed by atoms with Crippen molar-refractivity contribution in [3.8, 4) is 17.6 Å². The fourth-order valence-electron chi connectivity index (χ4n) is 2.29. The van der Waals surface area contributed by atoms with E-state index in [9.17, 15) is 9.59 Å². The van der Waals surface area contributed by atoms with Crippen LogP contribution in [0.1, 0.15) is 24.5 Å². The monoisotopic (exact) mass is 286 g/mol. The van der Waals surface area contributed by atoms with Crippen LogP contribution < -0.4 is 10.5 Å². The number of methoxy groups -OCH3 is 1. The van der Waals surface area contributed by atoms with Crippen molar-refractivity contribution >= 4 is 11.8 Å². The Labute approximate surface area is 124 Å². The maximum absolute atomic E-state index is 11.9. The standard InChI is InChI=1S/C16H18N2O3/c1-11-8-15(19)18(16(11)20)10-12-5-6-14(21-2)13(9-12)4-3-7-17/h5-6,9,11H,7-8,10,17H2,1-2H3. The van der Waals surface area contributed by atoms with Gasteiger partial charge in [0.05, 0.1) is 25.8 Å². The number of rotatable bonds is 3. The average Bonchev–Trinajstić information content (AvgIpc) is 2.72. The maximum atomic E-state index is 11.9. The van der Waals surface area contributed by atoms with Gasteiger partial charge in [-0.2, -0.15) is 0 Å². The SMILES string of the molecule is COc1ccc(CN2C(=O)CC(C)C2=O)cc1C#CCN. The third-order valence-electron chi connectivity index (χ3n) is 3.40. The number of carbonyl (C=O) groups is 2. The smallest absolute Gasteiger partial charge is 0.232 e. The van der Waals surface area contributed by atoms with E-state index < -0.39 is 0 Å². The van der Waals surface area contributed by atoms with Gasteiger partial charge in [0.25, 0.3) is 0 Å². The van der Waals surface area contributed by atoms with Crippen molar-refractivity contribution in [3.63, 3.8) is 0 Å². The lowest BCUT2D eigenvalue weighted by molar-refractivity contribution is -0.139. The minimum Gasteiger partial charge on any atom is -0.495 e. The van der Waals surface area contributed by atoms with E-state index in [1.807, 2.05) is 12.1 Å². The van der Waals surface area contributed by atoms with E-state index in [0.29, 0.717) is 11.3 Å². The summed E-state index contributed by atoms with van der Waals surface area (Å²) in [7, 11) is 1.57. The van der Waals surface area contributed by atoms with Gasteiger partial charge < -0.3 is 10.5 Å². The molecule has 21 heavy (non-hydrogen) atoms. The van der Waals surface area contributed by atoms with Crippen molar-refractivity contribution in [2.45, 2.75) is 19.9 Å². The molecule has 0 aromatic heterocycles. The summed E-state index contributed by atoms with van der Waals surface area (Å²) in [4.78, 5) is 25.0. The highest BCUT2D eigenvalue weighted by Crippen LogP contribution is 2.24.